The molecule has 0 aromatic carbocycles. The molecule has 3 rings (SSSR count). The minimum atomic E-state index is 0.542. The lowest BCUT2D eigenvalue weighted by atomic mass is 10.1. The highest BCUT2D eigenvalue weighted by atomic mass is 32.2. The van der Waals surface area contributed by atoms with E-state index in [1.807, 2.05) is 23.9 Å². The van der Waals surface area contributed by atoms with Crippen molar-refractivity contribution in [2.24, 2.45) is 10.9 Å². The average Bonchev–Trinajstić information content (AvgIpc) is 2.87. The lowest BCUT2D eigenvalue weighted by Crippen LogP contribution is -2.25. The van der Waals surface area contributed by atoms with Crippen molar-refractivity contribution in [1.29, 1.82) is 0 Å². The van der Waals surface area contributed by atoms with E-state index in [0.29, 0.717) is 11.9 Å². The van der Waals surface area contributed by atoms with Crippen molar-refractivity contribution in [2.45, 2.75) is 25.3 Å². The van der Waals surface area contributed by atoms with Gasteiger partial charge in [0.15, 0.2) is 5.17 Å². The summed E-state index contributed by atoms with van der Waals surface area (Å²) in [5.41, 5.74) is 0.971. The van der Waals surface area contributed by atoms with Crippen molar-refractivity contribution in [3.05, 3.63) is 18.3 Å². The summed E-state index contributed by atoms with van der Waals surface area (Å²) in [4.78, 5) is 8.97. The zero-order valence-electron chi connectivity index (χ0n) is 10.4. The molecule has 1 N–H and O–H groups in total. The molecule has 2 heterocycles. The fourth-order valence-electron chi connectivity index (χ4n) is 2.52. The Balaban J connectivity index is 1.68. The van der Waals surface area contributed by atoms with Crippen LogP contribution in [0.4, 0.5) is 5.69 Å². The predicted octanol–water partition coefficient (Wildman–Crippen LogP) is 2.77. The molecule has 0 bridgehead atoms. The largest absolute Gasteiger partial charge is 0.481 e. The topological polar surface area (TPSA) is 46.5 Å². The first-order valence-corrected chi connectivity index (χ1v) is 7.31. The summed E-state index contributed by atoms with van der Waals surface area (Å²) in [5, 5.41) is 4.37. The molecule has 0 radical (unpaired) electrons. The van der Waals surface area contributed by atoms with Crippen LogP contribution >= 0.6 is 11.8 Å². The fraction of sp³-hybridized carbons (Fsp3) is 0.538. The van der Waals surface area contributed by atoms with E-state index >= 15 is 0 Å². The molecule has 0 saturated heterocycles. The van der Waals surface area contributed by atoms with Gasteiger partial charge in [-0.15, -0.1) is 0 Å². The number of amidine groups is 1. The number of pyridine rings is 1. The summed E-state index contributed by atoms with van der Waals surface area (Å²) in [6.07, 6.45) is 5.70. The zero-order valence-corrected chi connectivity index (χ0v) is 11.2. The van der Waals surface area contributed by atoms with Gasteiger partial charge < -0.3 is 10.1 Å². The van der Waals surface area contributed by atoms with E-state index in [-0.39, 0.29) is 0 Å². The van der Waals surface area contributed by atoms with Crippen LogP contribution in [0.5, 0.6) is 5.88 Å². The van der Waals surface area contributed by atoms with Crippen LogP contribution in [0.3, 0.4) is 0 Å². The second-order valence-corrected chi connectivity index (χ2v) is 5.73. The summed E-state index contributed by atoms with van der Waals surface area (Å²) >= 11 is 1.82. The molecule has 1 aliphatic heterocycles. The number of nitrogens with one attached hydrogen (secondary N) is 1. The van der Waals surface area contributed by atoms with Gasteiger partial charge in [-0.1, -0.05) is 18.2 Å². The third kappa shape index (κ3) is 2.46. The van der Waals surface area contributed by atoms with Crippen molar-refractivity contribution in [3.8, 4) is 5.88 Å². The number of hydrogen-bond donors (Lipinski definition) is 1. The van der Waals surface area contributed by atoms with Gasteiger partial charge in [0.1, 0.15) is 0 Å². The lowest BCUT2D eigenvalue weighted by molar-refractivity contribution is 0.398. The van der Waals surface area contributed by atoms with E-state index in [9.17, 15) is 0 Å². The molecule has 2 unspecified atom stereocenters. The van der Waals surface area contributed by atoms with Crippen LogP contribution in [0.15, 0.2) is 23.3 Å². The van der Waals surface area contributed by atoms with Gasteiger partial charge in [-0.05, 0) is 24.8 Å². The van der Waals surface area contributed by atoms with Gasteiger partial charge in [-0.3, -0.25) is 4.99 Å². The number of thioether (sulfide) groups is 1. The maximum Gasteiger partial charge on any atom is 0.213 e. The molecule has 4 nitrogen and oxygen atoms in total. The number of fused-ring (bicyclic) bond motifs is 1. The summed E-state index contributed by atoms with van der Waals surface area (Å²) in [7, 11) is 1.62. The van der Waals surface area contributed by atoms with Crippen molar-refractivity contribution in [1.82, 2.24) is 4.98 Å². The van der Waals surface area contributed by atoms with Crippen LogP contribution in [-0.2, 0) is 0 Å². The van der Waals surface area contributed by atoms with E-state index in [1.165, 1.54) is 25.0 Å². The standard InChI is InChI=1S/C13H17N3OS/c1-17-12-6-5-10(7-14-12)15-13-16-11-4-2-3-9(11)8-18-13/h5-7,9,11H,2-4,8H2,1H3,(H,15,16). The van der Waals surface area contributed by atoms with Crippen molar-refractivity contribution < 1.29 is 4.74 Å². The van der Waals surface area contributed by atoms with Crippen molar-refractivity contribution >= 4 is 22.6 Å². The Morgan fingerprint density at radius 2 is 2.33 bits per heavy atom. The molecular formula is C13H17N3OS. The van der Waals surface area contributed by atoms with Gasteiger partial charge in [0.25, 0.3) is 0 Å². The Bertz CT molecular complexity index is 446. The van der Waals surface area contributed by atoms with E-state index in [0.717, 1.165) is 16.8 Å². The number of methoxy groups -OCH3 is 1. The van der Waals surface area contributed by atoms with Gasteiger partial charge >= 0.3 is 0 Å². The molecule has 1 saturated carbocycles. The maximum atomic E-state index is 5.04. The van der Waals surface area contributed by atoms with Crippen LogP contribution < -0.4 is 10.1 Å². The first-order chi connectivity index (χ1) is 8.85. The van der Waals surface area contributed by atoms with Crippen LogP contribution in [0.25, 0.3) is 0 Å². The average molecular weight is 263 g/mol. The molecule has 5 heteroatoms. The Morgan fingerprint density at radius 3 is 3.11 bits per heavy atom. The first kappa shape index (κ1) is 11.8. The predicted molar refractivity (Wildman–Crippen MR) is 75.4 cm³/mol. The molecule has 18 heavy (non-hydrogen) atoms. The quantitative estimate of drug-likeness (QED) is 0.891. The van der Waals surface area contributed by atoms with Crippen LogP contribution in [-0.4, -0.2) is 29.1 Å². The number of hydrogen-bond acceptors (Lipinski definition) is 5. The smallest absolute Gasteiger partial charge is 0.213 e. The van der Waals surface area contributed by atoms with Gasteiger partial charge in [0.05, 0.1) is 25.0 Å². The van der Waals surface area contributed by atoms with E-state index in [4.69, 9.17) is 9.73 Å². The van der Waals surface area contributed by atoms with Crippen LogP contribution in [0, 0.1) is 5.92 Å². The van der Waals surface area contributed by atoms with Gasteiger partial charge in [-0.25, -0.2) is 4.98 Å². The molecule has 0 spiro atoms. The minimum Gasteiger partial charge on any atom is -0.481 e. The molecule has 0 amide bonds. The number of anilines is 1. The number of aromatic nitrogens is 1. The van der Waals surface area contributed by atoms with Gasteiger partial charge in [0, 0.05) is 11.8 Å². The highest BCUT2D eigenvalue weighted by Crippen LogP contribution is 2.35. The van der Waals surface area contributed by atoms with Crippen LogP contribution in [0.2, 0.25) is 0 Å². The van der Waals surface area contributed by atoms with Crippen LogP contribution in [0.1, 0.15) is 19.3 Å². The summed E-state index contributed by atoms with van der Waals surface area (Å²) in [5.74, 6) is 2.63. The fourth-order valence-corrected chi connectivity index (χ4v) is 3.68. The number of nitrogens with zero attached hydrogens (tertiary/aromatic N) is 2. The van der Waals surface area contributed by atoms with Gasteiger partial charge in [0.2, 0.25) is 5.88 Å². The number of aliphatic imine (C=N–C) groups is 1. The monoisotopic (exact) mass is 263 g/mol. The summed E-state index contributed by atoms with van der Waals surface area (Å²) in [6.45, 7) is 0. The Labute approximate surface area is 111 Å². The SMILES string of the molecule is COc1ccc(NC2=NC3CCCC3CS2)cn1. The van der Waals surface area contributed by atoms with Gasteiger partial charge in [-0.2, -0.15) is 0 Å². The Morgan fingerprint density at radius 1 is 1.39 bits per heavy atom. The summed E-state index contributed by atoms with van der Waals surface area (Å²) in [6, 6.07) is 4.37. The summed E-state index contributed by atoms with van der Waals surface area (Å²) < 4.78 is 5.04. The van der Waals surface area contributed by atoms with Crippen molar-refractivity contribution in [3.63, 3.8) is 0 Å². The number of ether oxygens (including phenoxy) is 1. The second-order valence-electron chi connectivity index (χ2n) is 4.72. The number of rotatable bonds is 2. The molecule has 2 atom stereocenters. The minimum absolute atomic E-state index is 0.542. The normalized spacial score (nSPS) is 26.4. The highest BCUT2D eigenvalue weighted by molar-refractivity contribution is 8.14. The molecule has 96 valence electrons. The molecule has 1 fully saturated rings. The lowest BCUT2D eigenvalue weighted by Gasteiger charge is -2.23. The third-order valence-electron chi connectivity index (χ3n) is 3.53. The van der Waals surface area contributed by atoms with E-state index in [2.05, 4.69) is 10.3 Å². The molecule has 1 aromatic heterocycles. The zero-order chi connectivity index (χ0) is 12.4. The highest BCUT2D eigenvalue weighted by Gasteiger charge is 2.30. The van der Waals surface area contributed by atoms with Crippen molar-refractivity contribution in [2.75, 3.05) is 18.2 Å². The third-order valence-corrected chi connectivity index (χ3v) is 4.61. The molecule has 1 aliphatic carbocycles. The van der Waals surface area contributed by atoms with E-state index in [1.54, 1.807) is 13.3 Å². The maximum absolute atomic E-state index is 5.04. The Hall–Kier alpha value is -1.23. The first-order valence-electron chi connectivity index (χ1n) is 6.33. The molecule has 1 aromatic rings. The van der Waals surface area contributed by atoms with E-state index < -0.39 is 0 Å². The second kappa shape index (κ2) is 5.18. The molecule has 2 aliphatic rings. The Kier molecular flexibility index (Phi) is 3.41. The molecular weight excluding hydrogens is 246 g/mol.